The van der Waals surface area contributed by atoms with Gasteiger partial charge < -0.3 is 5.11 Å². The van der Waals surface area contributed by atoms with E-state index in [0.717, 1.165) is 19.3 Å². The van der Waals surface area contributed by atoms with Crippen LogP contribution in [-0.2, 0) is 4.79 Å². The van der Waals surface area contributed by atoms with Crippen LogP contribution in [0.15, 0.2) is 36.5 Å². The first-order valence-electron chi connectivity index (χ1n) is 8.44. The molecule has 0 aromatic rings. The Morgan fingerprint density at radius 1 is 0.762 bits per heavy atom. The van der Waals surface area contributed by atoms with Crippen LogP contribution >= 0.6 is 0 Å². The Balaban J connectivity index is 3.34. The Bertz CT molecular complexity index is 314. The van der Waals surface area contributed by atoms with E-state index in [0.29, 0.717) is 0 Å². The van der Waals surface area contributed by atoms with Crippen molar-refractivity contribution in [2.45, 2.75) is 71.1 Å². The number of unbranched alkanes of at least 4 members (excludes halogenated alkanes) is 8. The smallest absolute Gasteiger partial charge is 0.178 e. The van der Waals surface area contributed by atoms with Crippen molar-refractivity contribution in [1.82, 2.24) is 0 Å². The van der Waals surface area contributed by atoms with E-state index in [1.54, 1.807) is 6.08 Å². The molecule has 0 aliphatic heterocycles. The highest BCUT2D eigenvalue weighted by molar-refractivity contribution is 5.99. The maximum Gasteiger partial charge on any atom is 0.178 e. The van der Waals surface area contributed by atoms with Gasteiger partial charge in [-0.1, -0.05) is 63.3 Å². The van der Waals surface area contributed by atoms with E-state index < -0.39 is 0 Å². The number of hydrogen-bond acceptors (Lipinski definition) is 2. The van der Waals surface area contributed by atoms with Crippen molar-refractivity contribution in [3.63, 3.8) is 0 Å². The van der Waals surface area contributed by atoms with Gasteiger partial charge in [-0.05, 0) is 44.3 Å². The average molecular weight is 292 g/mol. The van der Waals surface area contributed by atoms with Crippen LogP contribution < -0.4 is 0 Å². The highest BCUT2D eigenvalue weighted by Gasteiger charge is 1.89. The fourth-order valence-electron chi connectivity index (χ4n) is 2.06. The van der Waals surface area contributed by atoms with E-state index in [2.05, 4.69) is 19.1 Å². The molecule has 0 rings (SSSR count). The summed E-state index contributed by atoms with van der Waals surface area (Å²) in [5, 5.41) is 8.53. The zero-order chi connectivity index (χ0) is 15.6. The van der Waals surface area contributed by atoms with Gasteiger partial charge in [-0.3, -0.25) is 4.79 Å². The lowest BCUT2D eigenvalue weighted by atomic mass is 10.1. The summed E-state index contributed by atoms with van der Waals surface area (Å²) in [5.41, 5.74) is 0. The molecule has 0 aromatic heterocycles. The first-order valence-corrected chi connectivity index (χ1v) is 8.44. The van der Waals surface area contributed by atoms with Crippen LogP contribution in [0.4, 0.5) is 0 Å². The van der Waals surface area contributed by atoms with E-state index in [1.807, 2.05) is 6.08 Å². The summed E-state index contributed by atoms with van der Waals surface area (Å²) >= 11 is 0. The minimum atomic E-state index is -0.0804. The average Bonchev–Trinajstić information content (AvgIpc) is 2.49. The van der Waals surface area contributed by atoms with Crippen molar-refractivity contribution in [2.75, 3.05) is 6.61 Å². The highest BCUT2D eigenvalue weighted by atomic mass is 16.2. The first kappa shape index (κ1) is 19.9. The molecule has 0 unspecified atom stereocenters. The van der Waals surface area contributed by atoms with Crippen molar-refractivity contribution in [3.8, 4) is 0 Å². The SMILES string of the molecule is CCCCCCCCC=CCCCC=CC(=O)C=CCO. The van der Waals surface area contributed by atoms with Gasteiger partial charge in [0, 0.05) is 0 Å². The minimum Gasteiger partial charge on any atom is -0.392 e. The fourth-order valence-corrected chi connectivity index (χ4v) is 2.06. The maximum atomic E-state index is 11.2. The monoisotopic (exact) mass is 292 g/mol. The number of ketones is 1. The van der Waals surface area contributed by atoms with Crippen LogP contribution in [0.3, 0.4) is 0 Å². The molecule has 1 N–H and O–H groups in total. The van der Waals surface area contributed by atoms with Crippen molar-refractivity contribution in [2.24, 2.45) is 0 Å². The molecular formula is C19H32O2. The molecule has 0 amide bonds. The Kier molecular flexibility index (Phi) is 16.0. The lowest BCUT2D eigenvalue weighted by Crippen LogP contribution is -1.86. The summed E-state index contributed by atoms with van der Waals surface area (Å²) in [5.74, 6) is -0.0531. The second kappa shape index (κ2) is 16.9. The van der Waals surface area contributed by atoms with Gasteiger partial charge in [0.25, 0.3) is 0 Å². The number of aliphatic hydroxyl groups is 1. The Labute approximate surface area is 130 Å². The van der Waals surface area contributed by atoms with Crippen LogP contribution in [0.5, 0.6) is 0 Å². The van der Waals surface area contributed by atoms with Crippen LogP contribution in [0.2, 0.25) is 0 Å². The Hall–Kier alpha value is -1.15. The van der Waals surface area contributed by atoms with Gasteiger partial charge >= 0.3 is 0 Å². The normalized spacial score (nSPS) is 12.1. The standard InChI is InChI=1S/C19H32O2/c1-2-3-4-5-6-7-8-9-10-11-12-13-14-16-19(21)17-15-18-20/h9-10,14-17,20H,2-8,11-13,18H2,1H3. The summed E-state index contributed by atoms with van der Waals surface area (Å²) in [4.78, 5) is 11.2. The molecule has 0 radical (unpaired) electrons. The number of aliphatic hydroxyl groups excluding tert-OH is 1. The van der Waals surface area contributed by atoms with Gasteiger partial charge in [0.15, 0.2) is 5.78 Å². The third-order valence-electron chi connectivity index (χ3n) is 3.30. The summed E-state index contributed by atoms with van der Waals surface area (Å²) in [6.07, 6.45) is 23.3. The van der Waals surface area contributed by atoms with Crippen molar-refractivity contribution in [3.05, 3.63) is 36.5 Å². The summed E-state index contributed by atoms with van der Waals surface area (Å²) in [6, 6.07) is 0. The molecule has 120 valence electrons. The maximum absolute atomic E-state index is 11.2. The molecule has 2 heteroatoms. The molecular weight excluding hydrogens is 260 g/mol. The predicted molar refractivity (Wildman–Crippen MR) is 91.4 cm³/mol. The highest BCUT2D eigenvalue weighted by Crippen LogP contribution is 2.07. The molecule has 21 heavy (non-hydrogen) atoms. The zero-order valence-electron chi connectivity index (χ0n) is 13.6. The Morgan fingerprint density at radius 3 is 2.05 bits per heavy atom. The van der Waals surface area contributed by atoms with E-state index >= 15 is 0 Å². The topological polar surface area (TPSA) is 37.3 Å². The second-order valence-electron chi connectivity index (χ2n) is 5.35. The number of rotatable bonds is 14. The predicted octanol–water partition coefficient (Wildman–Crippen LogP) is 5.14. The third kappa shape index (κ3) is 16.8. The molecule has 0 bridgehead atoms. The molecule has 0 saturated heterocycles. The summed E-state index contributed by atoms with van der Waals surface area (Å²) in [6.45, 7) is 2.17. The van der Waals surface area contributed by atoms with Crippen molar-refractivity contribution >= 4 is 5.78 Å². The summed E-state index contributed by atoms with van der Waals surface area (Å²) < 4.78 is 0. The van der Waals surface area contributed by atoms with Crippen LogP contribution in [0.25, 0.3) is 0 Å². The number of hydrogen-bond donors (Lipinski definition) is 1. The zero-order valence-corrected chi connectivity index (χ0v) is 13.6. The van der Waals surface area contributed by atoms with Gasteiger partial charge in [-0.25, -0.2) is 0 Å². The van der Waals surface area contributed by atoms with E-state index in [4.69, 9.17) is 5.11 Å². The van der Waals surface area contributed by atoms with Crippen LogP contribution in [-0.4, -0.2) is 17.5 Å². The van der Waals surface area contributed by atoms with Gasteiger partial charge in [0.2, 0.25) is 0 Å². The van der Waals surface area contributed by atoms with E-state index in [9.17, 15) is 4.79 Å². The van der Waals surface area contributed by atoms with Crippen LogP contribution in [0.1, 0.15) is 71.1 Å². The molecule has 0 heterocycles. The van der Waals surface area contributed by atoms with Crippen LogP contribution in [0, 0.1) is 0 Å². The van der Waals surface area contributed by atoms with Gasteiger partial charge in [-0.15, -0.1) is 0 Å². The minimum absolute atomic E-state index is 0.0531. The first-order chi connectivity index (χ1) is 10.3. The second-order valence-corrected chi connectivity index (χ2v) is 5.35. The molecule has 2 nitrogen and oxygen atoms in total. The molecule has 0 atom stereocenters. The quantitative estimate of drug-likeness (QED) is 0.273. The molecule has 0 aliphatic rings. The van der Waals surface area contributed by atoms with E-state index in [1.165, 1.54) is 57.1 Å². The number of carbonyl (C=O) groups excluding carboxylic acids is 1. The van der Waals surface area contributed by atoms with Gasteiger partial charge in [-0.2, -0.15) is 0 Å². The van der Waals surface area contributed by atoms with Gasteiger partial charge in [0.1, 0.15) is 0 Å². The third-order valence-corrected chi connectivity index (χ3v) is 3.30. The van der Waals surface area contributed by atoms with E-state index in [-0.39, 0.29) is 12.4 Å². The molecule has 0 aromatic carbocycles. The molecule has 0 aliphatic carbocycles. The molecule has 0 fully saturated rings. The van der Waals surface area contributed by atoms with Crippen molar-refractivity contribution < 1.29 is 9.90 Å². The number of allylic oxidation sites excluding steroid dienone is 5. The molecule has 0 saturated carbocycles. The van der Waals surface area contributed by atoms with Gasteiger partial charge in [0.05, 0.1) is 6.61 Å². The number of carbonyl (C=O) groups is 1. The largest absolute Gasteiger partial charge is 0.392 e. The Morgan fingerprint density at radius 2 is 1.33 bits per heavy atom. The van der Waals surface area contributed by atoms with Crippen molar-refractivity contribution in [1.29, 1.82) is 0 Å². The lowest BCUT2D eigenvalue weighted by molar-refractivity contribution is -0.110. The summed E-state index contributed by atoms with van der Waals surface area (Å²) in [7, 11) is 0. The lowest BCUT2D eigenvalue weighted by Gasteiger charge is -1.97. The fraction of sp³-hybridized carbons (Fsp3) is 0.632. The molecule has 0 spiro atoms.